The first-order valence-electron chi connectivity index (χ1n) is 13.7. The highest BCUT2D eigenvalue weighted by molar-refractivity contribution is 7.89. The van der Waals surface area contributed by atoms with Crippen molar-refractivity contribution in [3.63, 3.8) is 0 Å². The van der Waals surface area contributed by atoms with E-state index in [1.807, 2.05) is 19.1 Å². The third-order valence-electron chi connectivity index (χ3n) is 7.39. The lowest BCUT2D eigenvalue weighted by atomic mass is 10.0. The summed E-state index contributed by atoms with van der Waals surface area (Å²) in [6.07, 6.45) is 1.94. The van der Waals surface area contributed by atoms with Gasteiger partial charge in [-0.25, -0.2) is 13.4 Å². The standard InChI is InChI=1S/C28H37N5O4S2/c1-3-37-23-8-11-25-26(19-23)38-28(30-25)32-17-15-31(16-18-32)14-12-29-27(34)22-6-9-24(10-7-22)39(35,36)33-13-4-5-21(2)20-33/h6-11,19,21H,3-5,12-18,20H2,1-2H3,(H,29,34). The summed E-state index contributed by atoms with van der Waals surface area (Å²) in [5.74, 6) is 1.05. The maximum Gasteiger partial charge on any atom is 0.251 e. The van der Waals surface area contributed by atoms with Crippen LogP contribution in [0.25, 0.3) is 10.2 Å². The first kappa shape index (κ1) is 27.8. The lowest BCUT2D eigenvalue weighted by Gasteiger charge is -2.34. The molecule has 2 aliphatic rings. The molecule has 5 rings (SSSR count). The van der Waals surface area contributed by atoms with E-state index in [2.05, 4.69) is 28.1 Å². The molecule has 210 valence electrons. The van der Waals surface area contributed by atoms with Crippen molar-refractivity contribution in [2.24, 2.45) is 5.92 Å². The van der Waals surface area contributed by atoms with Gasteiger partial charge in [0.05, 0.1) is 21.7 Å². The van der Waals surface area contributed by atoms with Gasteiger partial charge in [-0.15, -0.1) is 0 Å². The van der Waals surface area contributed by atoms with Crippen molar-refractivity contribution in [2.75, 3.05) is 63.9 Å². The van der Waals surface area contributed by atoms with Crippen LogP contribution in [0.15, 0.2) is 47.4 Å². The molecule has 2 saturated heterocycles. The Hall–Kier alpha value is -2.73. The number of rotatable bonds is 9. The number of fused-ring (bicyclic) bond motifs is 1. The number of carbonyl (C=O) groups is 1. The van der Waals surface area contributed by atoms with Crippen molar-refractivity contribution < 1.29 is 17.9 Å². The fraction of sp³-hybridized carbons (Fsp3) is 0.500. The predicted molar refractivity (Wildman–Crippen MR) is 155 cm³/mol. The zero-order valence-electron chi connectivity index (χ0n) is 22.6. The van der Waals surface area contributed by atoms with E-state index in [-0.39, 0.29) is 10.8 Å². The second kappa shape index (κ2) is 12.2. The number of sulfonamides is 1. The Morgan fingerprint density at radius 1 is 1.10 bits per heavy atom. The minimum Gasteiger partial charge on any atom is -0.494 e. The number of piperidine rings is 1. The molecule has 0 bridgehead atoms. The molecule has 1 aromatic heterocycles. The molecule has 11 heteroatoms. The molecule has 0 radical (unpaired) electrons. The number of thiazole rings is 1. The minimum absolute atomic E-state index is 0.190. The monoisotopic (exact) mass is 571 g/mol. The Balaban J connectivity index is 1.08. The number of ether oxygens (including phenoxy) is 1. The maximum absolute atomic E-state index is 13.0. The van der Waals surface area contributed by atoms with Gasteiger partial charge in [0.25, 0.3) is 5.91 Å². The number of aromatic nitrogens is 1. The molecule has 2 fully saturated rings. The zero-order valence-corrected chi connectivity index (χ0v) is 24.3. The molecular weight excluding hydrogens is 534 g/mol. The van der Waals surface area contributed by atoms with Crippen LogP contribution >= 0.6 is 11.3 Å². The predicted octanol–water partition coefficient (Wildman–Crippen LogP) is 3.67. The Morgan fingerprint density at radius 2 is 1.87 bits per heavy atom. The van der Waals surface area contributed by atoms with Crippen LogP contribution in [0, 0.1) is 5.92 Å². The van der Waals surface area contributed by atoms with Crippen LogP contribution in [0.5, 0.6) is 5.75 Å². The highest BCUT2D eigenvalue weighted by Crippen LogP contribution is 2.32. The molecular formula is C28H37N5O4S2. The van der Waals surface area contributed by atoms with Crippen LogP contribution in [0.3, 0.4) is 0 Å². The van der Waals surface area contributed by atoms with E-state index < -0.39 is 10.0 Å². The first-order chi connectivity index (χ1) is 18.8. The number of benzene rings is 2. The molecule has 1 atom stereocenters. The smallest absolute Gasteiger partial charge is 0.251 e. The second-order valence-corrected chi connectivity index (χ2v) is 13.2. The van der Waals surface area contributed by atoms with Crippen molar-refractivity contribution >= 4 is 42.6 Å². The van der Waals surface area contributed by atoms with Crippen molar-refractivity contribution in [1.82, 2.24) is 19.5 Å². The average molecular weight is 572 g/mol. The number of amides is 1. The highest BCUT2D eigenvalue weighted by Gasteiger charge is 2.28. The molecule has 2 aliphatic heterocycles. The largest absolute Gasteiger partial charge is 0.494 e. The van der Waals surface area contributed by atoms with Crippen molar-refractivity contribution in [2.45, 2.75) is 31.6 Å². The second-order valence-electron chi connectivity index (χ2n) is 10.3. The van der Waals surface area contributed by atoms with Crippen LogP contribution in [0.4, 0.5) is 5.13 Å². The van der Waals surface area contributed by atoms with Crippen molar-refractivity contribution in [1.29, 1.82) is 0 Å². The third kappa shape index (κ3) is 6.54. The van der Waals surface area contributed by atoms with Crippen LogP contribution in [0.1, 0.15) is 37.0 Å². The molecule has 39 heavy (non-hydrogen) atoms. The number of anilines is 1. The molecule has 1 amide bonds. The van der Waals surface area contributed by atoms with Gasteiger partial charge in [0, 0.05) is 57.9 Å². The van der Waals surface area contributed by atoms with E-state index in [0.29, 0.717) is 37.7 Å². The normalized spacial score (nSPS) is 19.3. The minimum atomic E-state index is -3.52. The summed E-state index contributed by atoms with van der Waals surface area (Å²) in [5, 5.41) is 4.01. The van der Waals surface area contributed by atoms with Crippen LogP contribution < -0.4 is 15.0 Å². The molecule has 0 saturated carbocycles. The Labute approximate surface area is 234 Å². The SMILES string of the molecule is CCOc1ccc2nc(N3CCN(CCNC(=O)c4ccc(S(=O)(=O)N5CCCC(C)C5)cc4)CC3)sc2c1. The van der Waals surface area contributed by atoms with E-state index in [4.69, 9.17) is 9.72 Å². The van der Waals surface area contributed by atoms with E-state index in [1.165, 1.54) is 0 Å². The number of piperazine rings is 1. The van der Waals surface area contributed by atoms with Gasteiger partial charge in [0.15, 0.2) is 5.13 Å². The first-order valence-corrected chi connectivity index (χ1v) is 16.0. The Kier molecular flexibility index (Phi) is 8.70. The molecule has 9 nitrogen and oxygen atoms in total. The van der Waals surface area contributed by atoms with Gasteiger partial charge < -0.3 is 15.0 Å². The van der Waals surface area contributed by atoms with Gasteiger partial charge in [0.1, 0.15) is 5.75 Å². The topological polar surface area (TPSA) is 95.1 Å². The van der Waals surface area contributed by atoms with Gasteiger partial charge >= 0.3 is 0 Å². The third-order valence-corrected chi connectivity index (χ3v) is 10.3. The summed E-state index contributed by atoms with van der Waals surface area (Å²) in [7, 11) is -3.52. The molecule has 1 N–H and O–H groups in total. The number of hydrogen-bond donors (Lipinski definition) is 1. The lowest BCUT2D eigenvalue weighted by molar-refractivity contribution is 0.0947. The highest BCUT2D eigenvalue weighted by atomic mass is 32.2. The summed E-state index contributed by atoms with van der Waals surface area (Å²) >= 11 is 1.69. The van der Waals surface area contributed by atoms with Crippen LogP contribution in [-0.4, -0.2) is 87.5 Å². The Bertz CT molecular complexity index is 1380. The molecule has 1 unspecified atom stereocenters. The quantitative estimate of drug-likeness (QED) is 0.419. The molecule has 0 spiro atoms. The van der Waals surface area contributed by atoms with Gasteiger partial charge in [-0.3, -0.25) is 9.69 Å². The fourth-order valence-corrected chi connectivity index (χ4v) is 7.81. The van der Waals surface area contributed by atoms with E-state index in [0.717, 1.165) is 66.7 Å². The van der Waals surface area contributed by atoms with Crippen molar-refractivity contribution in [3.8, 4) is 5.75 Å². The van der Waals surface area contributed by atoms with Crippen LogP contribution in [0.2, 0.25) is 0 Å². The number of nitrogens with one attached hydrogen (secondary N) is 1. The zero-order chi connectivity index (χ0) is 27.4. The summed E-state index contributed by atoms with van der Waals surface area (Å²) < 4.78 is 34.2. The van der Waals surface area contributed by atoms with Gasteiger partial charge in [-0.2, -0.15) is 4.31 Å². The number of nitrogens with zero attached hydrogens (tertiary/aromatic N) is 4. The summed E-state index contributed by atoms with van der Waals surface area (Å²) in [6.45, 7) is 10.7. The summed E-state index contributed by atoms with van der Waals surface area (Å²) in [4.78, 5) is 22.4. The molecule has 3 aromatic rings. The average Bonchev–Trinajstić information content (AvgIpc) is 3.37. The molecule has 0 aliphatic carbocycles. The van der Waals surface area contributed by atoms with E-state index in [1.54, 1.807) is 39.9 Å². The number of hydrogen-bond acceptors (Lipinski definition) is 8. The number of carbonyl (C=O) groups excluding carboxylic acids is 1. The Morgan fingerprint density at radius 3 is 2.59 bits per heavy atom. The van der Waals surface area contributed by atoms with Gasteiger partial charge in [-0.1, -0.05) is 18.3 Å². The van der Waals surface area contributed by atoms with E-state index in [9.17, 15) is 13.2 Å². The van der Waals surface area contributed by atoms with Crippen LogP contribution in [-0.2, 0) is 10.0 Å². The summed E-state index contributed by atoms with van der Waals surface area (Å²) in [6, 6.07) is 12.3. The molecule has 2 aromatic carbocycles. The summed E-state index contributed by atoms with van der Waals surface area (Å²) in [5.41, 5.74) is 1.46. The van der Waals surface area contributed by atoms with E-state index >= 15 is 0 Å². The fourth-order valence-electron chi connectivity index (χ4n) is 5.17. The van der Waals surface area contributed by atoms with Crippen molar-refractivity contribution in [3.05, 3.63) is 48.0 Å². The maximum atomic E-state index is 13.0. The lowest BCUT2D eigenvalue weighted by Crippen LogP contribution is -2.48. The van der Waals surface area contributed by atoms with Gasteiger partial charge in [-0.05, 0) is 68.1 Å². The molecule has 3 heterocycles. The van der Waals surface area contributed by atoms with Gasteiger partial charge in [0.2, 0.25) is 10.0 Å².